The number of benzene rings is 20. The summed E-state index contributed by atoms with van der Waals surface area (Å²) in [5, 5.41) is 29.2. The van der Waals surface area contributed by atoms with Gasteiger partial charge in [-0.05, 0) is 215 Å². The lowest BCUT2D eigenvalue weighted by Gasteiger charge is -2.34. The average molecular weight is 1720 g/mol. The zero-order valence-corrected chi connectivity index (χ0v) is 71.5. The minimum absolute atomic E-state index is 0.740. The molecule has 20 aromatic carbocycles. The van der Waals surface area contributed by atoms with Crippen LogP contribution in [0, 0.1) is 0 Å². The van der Waals surface area contributed by atoms with E-state index in [1.165, 1.54) is 43.1 Å². The number of hydrogen-bond acceptors (Lipinski definition) is 8. The van der Waals surface area contributed by atoms with Crippen molar-refractivity contribution in [2.24, 2.45) is 0 Å². The van der Waals surface area contributed by atoms with Gasteiger partial charge in [-0.15, -0.1) is 0 Å². The third-order valence-corrected chi connectivity index (χ3v) is 34.0. The molecule has 0 N–H and O–H groups in total. The molecule has 0 amide bonds. The molecule has 0 aliphatic rings. The van der Waals surface area contributed by atoms with Crippen LogP contribution in [0.2, 0.25) is 0 Å². The third kappa shape index (κ3) is 9.25. The van der Waals surface area contributed by atoms with Gasteiger partial charge in [0.25, 0.3) is 0 Å². The van der Waals surface area contributed by atoms with Crippen LogP contribution in [0.5, 0.6) is 0 Å². The normalized spacial score (nSPS) is 12.8. The SMILES string of the molecule is c1ccc2c(c1)c1ccccc1n2-c1ccc2oc3ccc4oc5ccc([Si](c6ccc7oc8ccc9oc%10ccc(-n%11c%12ccccc%12c%12ccccc%12%11)cc%10c9c8c7c6)(c6ccc7oc8ccc9oc%10ccc(-n%11c%12ccccc%12c%12ccccc%12%11)cc%10c9c8c7c6)c6ccc7oc8ccc9oc%10ccc(-n%11c%12ccccc%12c%12ccccc%12%11)cc%10c9c8c7c6)cc5c4c3c2c1. The molecule has 616 valence electrons. The van der Waals surface area contributed by atoms with Gasteiger partial charge in [0.15, 0.2) is 8.07 Å². The Morgan fingerprint density at radius 1 is 0.128 bits per heavy atom. The Kier molecular flexibility index (Phi) is 13.4. The van der Waals surface area contributed by atoms with Crippen LogP contribution in [0.25, 0.3) is 285 Å². The summed E-state index contributed by atoms with van der Waals surface area (Å²) in [7, 11) is -4.10. The number of aromatic nitrogens is 4. The summed E-state index contributed by atoms with van der Waals surface area (Å²) in [4.78, 5) is 0. The standard InChI is InChI=1S/C120H64N4O8Si/c1-9-25-89-73(17-1)74-18-2-10-26-90(74)121(89)65-33-41-97-81(57-65)113-105(125-97)49-53-109-117(113)85-61-69(37-45-101(85)129-109)133(70-38-46-102-86(62-70)118-110(130-102)54-50-106-114(118)82-58-66(34-42-98(82)126-106)122-91-27-11-3-19-75(91)76-20-4-12-28-92(76)122,71-39-47-103-87(63-71)119-111(131-103)55-51-107-115(119)83-59-67(35-43-99(83)127-107)123-93-29-13-5-21-77(93)78-22-6-14-30-94(78)123)72-40-48-104-88(64-72)120-112(132-104)56-52-108-116(120)84-60-68(36-44-100(84)128-108)124-95-31-15-7-23-79(95)80-24-8-16-32-96(80)124/h1-64H. The Morgan fingerprint density at radius 3 is 0.444 bits per heavy atom. The molecule has 0 saturated heterocycles. The van der Waals surface area contributed by atoms with Crippen LogP contribution >= 0.6 is 0 Å². The summed E-state index contributed by atoms with van der Waals surface area (Å²) in [6, 6.07) is 141. The Morgan fingerprint density at radius 2 is 0.271 bits per heavy atom. The molecule has 0 fully saturated rings. The van der Waals surface area contributed by atoms with Crippen molar-refractivity contribution >= 4 is 292 Å². The van der Waals surface area contributed by atoms with Gasteiger partial charge in [-0.3, -0.25) is 0 Å². The van der Waals surface area contributed by atoms with E-state index in [-0.39, 0.29) is 0 Å². The van der Waals surface area contributed by atoms with Gasteiger partial charge >= 0.3 is 0 Å². The monoisotopic (exact) mass is 1720 g/mol. The molecule has 32 aromatic rings. The van der Waals surface area contributed by atoms with E-state index in [1.807, 2.05) is 0 Å². The van der Waals surface area contributed by atoms with E-state index >= 15 is 0 Å². The van der Waals surface area contributed by atoms with Crippen LogP contribution < -0.4 is 20.7 Å². The first kappa shape index (κ1) is 70.3. The number of nitrogens with zero attached hydrogens (tertiary/aromatic N) is 4. The largest absolute Gasteiger partial charge is 0.456 e. The van der Waals surface area contributed by atoms with E-state index in [9.17, 15) is 0 Å². The van der Waals surface area contributed by atoms with E-state index in [2.05, 4.69) is 407 Å². The maximum absolute atomic E-state index is 7.30. The molecule has 0 spiro atoms. The molecule has 0 atom stereocenters. The highest BCUT2D eigenvalue weighted by Gasteiger charge is 2.44. The van der Waals surface area contributed by atoms with Crippen LogP contribution in [0.15, 0.2) is 424 Å². The zero-order valence-electron chi connectivity index (χ0n) is 70.5. The van der Waals surface area contributed by atoms with Crippen molar-refractivity contribution in [2.75, 3.05) is 0 Å². The maximum Gasteiger partial charge on any atom is 0.179 e. The summed E-state index contributed by atoms with van der Waals surface area (Å²) in [6.07, 6.45) is 0. The second-order valence-electron chi connectivity index (χ2n) is 35.9. The molecule has 13 heteroatoms. The Hall–Kier alpha value is -17.8. The van der Waals surface area contributed by atoms with Crippen molar-refractivity contribution < 1.29 is 35.3 Å². The topological polar surface area (TPSA) is 125 Å². The average Bonchev–Trinajstić information content (AvgIpc) is 1.59. The highest BCUT2D eigenvalue weighted by atomic mass is 28.3. The van der Waals surface area contributed by atoms with Crippen LogP contribution in [0.4, 0.5) is 0 Å². The fourth-order valence-electron chi connectivity index (χ4n) is 23.8. The van der Waals surface area contributed by atoms with Crippen LogP contribution in [-0.4, -0.2) is 26.3 Å². The Bertz CT molecular complexity index is 9460. The maximum atomic E-state index is 7.30. The van der Waals surface area contributed by atoms with Crippen molar-refractivity contribution in [3.63, 3.8) is 0 Å². The van der Waals surface area contributed by atoms with E-state index in [0.717, 1.165) is 263 Å². The molecule has 0 aliphatic carbocycles. The van der Waals surface area contributed by atoms with Gasteiger partial charge < -0.3 is 53.6 Å². The van der Waals surface area contributed by atoms with E-state index in [1.54, 1.807) is 0 Å². The Labute approximate surface area is 751 Å². The molecule has 0 saturated carbocycles. The molecule has 12 heterocycles. The lowest BCUT2D eigenvalue weighted by molar-refractivity contribution is 0.663. The molecule has 0 aliphatic heterocycles. The molecule has 12 nitrogen and oxygen atoms in total. The summed E-state index contributed by atoms with van der Waals surface area (Å²) in [5.74, 6) is 0. The first-order valence-electron chi connectivity index (χ1n) is 45.1. The smallest absolute Gasteiger partial charge is 0.179 e. The molecule has 0 unspecified atom stereocenters. The summed E-state index contributed by atoms with van der Waals surface area (Å²) >= 11 is 0. The first-order chi connectivity index (χ1) is 65.9. The van der Waals surface area contributed by atoms with Crippen molar-refractivity contribution in [3.8, 4) is 22.7 Å². The lowest BCUT2D eigenvalue weighted by atomic mass is 10.0. The minimum Gasteiger partial charge on any atom is -0.456 e. The van der Waals surface area contributed by atoms with Gasteiger partial charge in [0, 0.05) is 152 Å². The van der Waals surface area contributed by atoms with Crippen molar-refractivity contribution in [3.05, 3.63) is 388 Å². The predicted octanol–water partition coefficient (Wildman–Crippen LogP) is 30.6. The van der Waals surface area contributed by atoms with Crippen LogP contribution in [-0.2, 0) is 0 Å². The third-order valence-electron chi connectivity index (χ3n) is 29.3. The summed E-state index contributed by atoms with van der Waals surface area (Å²) < 4.78 is 67.0. The quantitative estimate of drug-likeness (QED) is 0.109. The number of rotatable bonds is 8. The number of hydrogen-bond donors (Lipinski definition) is 0. The van der Waals surface area contributed by atoms with E-state index < -0.39 is 8.07 Å². The van der Waals surface area contributed by atoms with Gasteiger partial charge in [-0.25, -0.2) is 0 Å². The Balaban J connectivity index is 0.705. The van der Waals surface area contributed by atoms with Gasteiger partial charge in [0.1, 0.15) is 89.3 Å². The number of fused-ring (bicyclic) bond motifs is 40. The fraction of sp³-hybridized carbons (Fsp3) is 0. The van der Waals surface area contributed by atoms with Crippen LogP contribution in [0.3, 0.4) is 0 Å². The van der Waals surface area contributed by atoms with Gasteiger partial charge in [0.05, 0.1) is 44.1 Å². The summed E-state index contributed by atoms with van der Waals surface area (Å²) in [5.41, 5.74) is 25.1. The molecular formula is C120H64N4O8Si. The second kappa shape index (κ2) is 25.4. The van der Waals surface area contributed by atoms with Crippen molar-refractivity contribution in [1.82, 2.24) is 18.3 Å². The summed E-state index contributed by atoms with van der Waals surface area (Å²) in [6.45, 7) is 0. The van der Waals surface area contributed by atoms with E-state index in [0.29, 0.717) is 0 Å². The molecule has 12 aromatic heterocycles. The first-order valence-corrected chi connectivity index (χ1v) is 47.1. The minimum atomic E-state index is -4.10. The molecule has 0 bridgehead atoms. The number of para-hydroxylation sites is 8. The number of furan rings is 8. The zero-order chi connectivity index (χ0) is 86.1. The van der Waals surface area contributed by atoms with Crippen LogP contribution in [0.1, 0.15) is 0 Å². The molecule has 32 rings (SSSR count). The predicted molar refractivity (Wildman–Crippen MR) is 546 cm³/mol. The van der Waals surface area contributed by atoms with Crippen molar-refractivity contribution in [2.45, 2.75) is 0 Å². The second-order valence-corrected chi connectivity index (χ2v) is 39.7. The highest BCUT2D eigenvalue weighted by Crippen LogP contribution is 2.50. The van der Waals surface area contributed by atoms with Gasteiger partial charge in [-0.1, -0.05) is 194 Å². The van der Waals surface area contributed by atoms with Gasteiger partial charge in [-0.2, -0.15) is 0 Å². The van der Waals surface area contributed by atoms with E-state index in [4.69, 9.17) is 35.3 Å². The fourth-order valence-corrected chi connectivity index (χ4v) is 28.6. The lowest BCUT2D eigenvalue weighted by Crippen LogP contribution is -2.74. The van der Waals surface area contributed by atoms with Gasteiger partial charge in [0.2, 0.25) is 0 Å². The molecule has 133 heavy (non-hydrogen) atoms. The van der Waals surface area contributed by atoms with Crippen molar-refractivity contribution in [1.29, 1.82) is 0 Å². The molecule has 0 radical (unpaired) electrons. The highest BCUT2D eigenvalue weighted by molar-refractivity contribution is 7.20. The molecular weight excluding hydrogens is 1650 g/mol.